The molecule has 1 heterocycles. The first-order chi connectivity index (χ1) is 16.3. The van der Waals surface area contributed by atoms with Crippen LogP contribution in [0.15, 0.2) is 47.5 Å². The average Bonchev–Trinajstić information content (AvgIpc) is 2.84. The van der Waals surface area contributed by atoms with Crippen molar-refractivity contribution < 1.29 is 28.2 Å². The lowest BCUT2D eigenvalue weighted by atomic mass is 10.2. The van der Waals surface area contributed by atoms with Gasteiger partial charge in [0.1, 0.15) is 5.82 Å². The maximum Gasteiger partial charge on any atom is 0.306 e. The number of benzene rings is 2. The van der Waals surface area contributed by atoms with E-state index < -0.39 is 18.0 Å². The Kier molecular flexibility index (Phi) is 8.18. The Morgan fingerprint density at radius 3 is 2.47 bits per heavy atom. The molecule has 3 aromatic rings. The standard InChI is InChI=1S/C24H26FN3O6/c1-15(23(30)26-13-16-6-8-17(25)9-7-16)34-22(29)5-4-10-28-14-27-19-12-21(33-3)20(32-2)11-18(19)24(28)31/h6-9,11-12,14-15H,4-5,10,13H2,1-3H3,(H,26,30). The van der Waals surface area contributed by atoms with Gasteiger partial charge in [-0.25, -0.2) is 9.37 Å². The summed E-state index contributed by atoms with van der Waals surface area (Å²) < 4.78 is 30.0. The van der Waals surface area contributed by atoms with Crippen LogP contribution in [-0.4, -0.2) is 41.8 Å². The number of fused-ring (bicyclic) bond motifs is 1. The summed E-state index contributed by atoms with van der Waals surface area (Å²) in [6.07, 6.45) is 0.767. The molecule has 0 bridgehead atoms. The van der Waals surface area contributed by atoms with Crippen LogP contribution >= 0.6 is 0 Å². The molecule has 0 saturated heterocycles. The number of aryl methyl sites for hydroxylation is 1. The van der Waals surface area contributed by atoms with Crippen molar-refractivity contribution in [3.8, 4) is 11.5 Å². The molecule has 1 N–H and O–H groups in total. The Morgan fingerprint density at radius 2 is 1.79 bits per heavy atom. The number of nitrogens with one attached hydrogen (secondary N) is 1. The van der Waals surface area contributed by atoms with Crippen LogP contribution in [0.5, 0.6) is 11.5 Å². The van der Waals surface area contributed by atoms with Gasteiger partial charge in [-0.15, -0.1) is 0 Å². The van der Waals surface area contributed by atoms with Gasteiger partial charge in [-0.2, -0.15) is 0 Å². The molecule has 0 aliphatic rings. The summed E-state index contributed by atoms with van der Waals surface area (Å²) >= 11 is 0. The molecule has 0 fully saturated rings. The minimum atomic E-state index is -0.986. The zero-order valence-corrected chi connectivity index (χ0v) is 19.2. The highest BCUT2D eigenvalue weighted by molar-refractivity contribution is 5.83. The van der Waals surface area contributed by atoms with Gasteiger partial charge in [-0.3, -0.25) is 19.0 Å². The Balaban J connectivity index is 1.51. The van der Waals surface area contributed by atoms with Crippen LogP contribution in [0.1, 0.15) is 25.3 Å². The van der Waals surface area contributed by atoms with E-state index in [0.29, 0.717) is 28.8 Å². The Morgan fingerprint density at radius 1 is 1.12 bits per heavy atom. The SMILES string of the molecule is COc1cc2ncn(CCCC(=O)OC(C)C(=O)NCc3ccc(F)cc3)c(=O)c2cc1OC. The molecule has 1 unspecified atom stereocenters. The van der Waals surface area contributed by atoms with Gasteiger partial charge in [-0.1, -0.05) is 12.1 Å². The van der Waals surface area contributed by atoms with E-state index in [4.69, 9.17) is 14.2 Å². The molecule has 3 rings (SSSR count). The molecule has 0 aliphatic carbocycles. The van der Waals surface area contributed by atoms with Crippen molar-refractivity contribution in [2.24, 2.45) is 0 Å². The highest BCUT2D eigenvalue weighted by Crippen LogP contribution is 2.29. The number of aromatic nitrogens is 2. The number of methoxy groups -OCH3 is 2. The monoisotopic (exact) mass is 471 g/mol. The number of esters is 1. The smallest absolute Gasteiger partial charge is 0.306 e. The largest absolute Gasteiger partial charge is 0.493 e. The maximum atomic E-state index is 12.9. The molecule has 1 amide bonds. The van der Waals surface area contributed by atoms with E-state index in [-0.39, 0.29) is 30.9 Å². The maximum absolute atomic E-state index is 12.9. The minimum Gasteiger partial charge on any atom is -0.493 e. The molecule has 2 aromatic carbocycles. The zero-order valence-electron chi connectivity index (χ0n) is 19.2. The van der Waals surface area contributed by atoms with Crippen LogP contribution in [0.25, 0.3) is 10.9 Å². The van der Waals surface area contributed by atoms with Crippen molar-refractivity contribution in [3.63, 3.8) is 0 Å². The van der Waals surface area contributed by atoms with Gasteiger partial charge in [0.05, 0.1) is 31.4 Å². The number of nitrogens with zero attached hydrogens (tertiary/aromatic N) is 2. The second-order valence-electron chi connectivity index (χ2n) is 7.55. The number of carbonyl (C=O) groups is 2. The molecule has 0 spiro atoms. The summed E-state index contributed by atoms with van der Waals surface area (Å²) in [4.78, 5) is 41.3. The summed E-state index contributed by atoms with van der Waals surface area (Å²) in [6, 6.07) is 8.91. The van der Waals surface area contributed by atoms with Crippen LogP contribution in [0.3, 0.4) is 0 Å². The van der Waals surface area contributed by atoms with Crippen LogP contribution in [0.4, 0.5) is 4.39 Å². The van der Waals surface area contributed by atoms with Gasteiger partial charge >= 0.3 is 5.97 Å². The molecule has 0 saturated carbocycles. The van der Waals surface area contributed by atoms with E-state index in [0.717, 1.165) is 5.56 Å². The Hall–Kier alpha value is -3.95. The lowest BCUT2D eigenvalue weighted by Crippen LogP contribution is -2.35. The lowest BCUT2D eigenvalue weighted by molar-refractivity contribution is -0.155. The van der Waals surface area contributed by atoms with Crippen molar-refractivity contribution in [3.05, 3.63) is 64.5 Å². The predicted molar refractivity (Wildman–Crippen MR) is 122 cm³/mol. The predicted octanol–water partition coefficient (Wildman–Crippen LogP) is 2.58. The quantitative estimate of drug-likeness (QED) is 0.453. The molecular weight excluding hydrogens is 445 g/mol. The molecule has 9 nitrogen and oxygen atoms in total. The number of carbonyl (C=O) groups excluding carboxylic acids is 2. The van der Waals surface area contributed by atoms with E-state index in [9.17, 15) is 18.8 Å². The van der Waals surface area contributed by atoms with E-state index >= 15 is 0 Å². The molecule has 1 atom stereocenters. The third-order valence-corrected chi connectivity index (χ3v) is 5.17. The van der Waals surface area contributed by atoms with Gasteiger partial charge in [0.25, 0.3) is 11.5 Å². The summed E-state index contributed by atoms with van der Waals surface area (Å²) in [5, 5.41) is 3.01. The highest BCUT2D eigenvalue weighted by atomic mass is 19.1. The molecule has 34 heavy (non-hydrogen) atoms. The van der Waals surface area contributed by atoms with Gasteiger partial charge in [-0.05, 0) is 37.1 Å². The van der Waals surface area contributed by atoms with Gasteiger partial charge in [0, 0.05) is 25.6 Å². The zero-order chi connectivity index (χ0) is 24.7. The van der Waals surface area contributed by atoms with Crippen molar-refractivity contribution >= 4 is 22.8 Å². The molecule has 1 aromatic heterocycles. The van der Waals surface area contributed by atoms with Crippen molar-refractivity contribution in [1.29, 1.82) is 0 Å². The first kappa shape index (κ1) is 24.7. The Labute approximate surface area is 195 Å². The molecular formula is C24H26FN3O6. The highest BCUT2D eigenvalue weighted by Gasteiger charge is 2.17. The summed E-state index contributed by atoms with van der Waals surface area (Å²) in [5.74, 6) is -0.492. The summed E-state index contributed by atoms with van der Waals surface area (Å²) in [6.45, 7) is 1.91. The fourth-order valence-corrected chi connectivity index (χ4v) is 3.28. The normalized spacial score (nSPS) is 11.6. The van der Waals surface area contributed by atoms with Crippen LogP contribution < -0.4 is 20.3 Å². The molecule has 10 heteroatoms. The Bertz CT molecular complexity index is 1230. The van der Waals surface area contributed by atoms with Crippen LogP contribution in [0.2, 0.25) is 0 Å². The lowest BCUT2D eigenvalue weighted by Gasteiger charge is -2.14. The van der Waals surface area contributed by atoms with E-state index in [1.54, 1.807) is 24.3 Å². The average molecular weight is 471 g/mol. The minimum absolute atomic E-state index is 0.0198. The van der Waals surface area contributed by atoms with Gasteiger partial charge < -0.3 is 19.5 Å². The second kappa shape index (κ2) is 11.3. The fourth-order valence-electron chi connectivity index (χ4n) is 3.28. The molecule has 0 aliphatic heterocycles. The number of amides is 1. The van der Waals surface area contributed by atoms with Gasteiger partial charge in [0.15, 0.2) is 17.6 Å². The first-order valence-electron chi connectivity index (χ1n) is 10.6. The fraction of sp³-hybridized carbons (Fsp3) is 0.333. The molecule has 180 valence electrons. The first-order valence-corrected chi connectivity index (χ1v) is 10.6. The van der Waals surface area contributed by atoms with E-state index in [2.05, 4.69) is 10.3 Å². The van der Waals surface area contributed by atoms with Gasteiger partial charge in [0.2, 0.25) is 0 Å². The number of hydrogen-bond acceptors (Lipinski definition) is 7. The van der Waals surface area contributed by atoms with Crippen molar-refractivity contribution in [2.45, 2.75) is 39.0 Å². The third kappa shape index (κ3) is 6.09. The van der Waals surface area contributed by atoms with Crippen molar-refractivity contribution in [1.82, 2.24) is 14.9 Å². The van der Waals surface area contributed by atoms with E-state index in [1.807, 2.05) is 0 Å². The number of halogens is 1. The van der Waals surface area contributed by atoms with Crippen LogP contribution in [0, 0.1) is 5.82 Å². The number of ether oxygens (including phenoxy) is 3. The van der Waals surface area contributed by atoms with E-state index in [1.165, 1.54) is 44.2 Å². The van der Waals surface area contributed by atoms with Crippen LogP contribution in [-0.2, 0) is 27.4 Å². The summed E-state index contributed by atoms with van der Waals surface area (Å²) in [7, 11) is 2.98. The third-order valence-electron chi connectivity index (χ3n) is 5.17. The second-order valence-corrected chi connectivity index (χ2v) is 7.55. The van der Waals surface area contributed by atoms with Crippen molar-refractivity contribution in [2.75, 3.05) is 14.2 Å². The summed E-state index contributed by atoms with van der Waals surface area (Å²) in [5.41, 5.74) is 0.922. The molecule has 0 radical (unpaired) electrons. The number of rotatable bonds is 10. The topological polar surface area (TPSA) is 109 Å². The number of hydrogen-bond donors (Lipinski definition) is 1.